The van der Waals surface area contributed by atoms with E-state index in [0.717, 1.165) is 7.28 Å². The minimum absolute atomic E-state index is 0.0379. The molecule has 6 aliphatic rings. The van der Waals surface area contributed by atoms with Gasteiger partial charge in [0.1, 0.15) is 0 Å². The first-order valence-corrected chi connectivity index (χ1v) is 22.9. The van der Waals surface area contributed by atoms with Crippen molar-refractivity contribution in [3.8, 4) is 33.4 Å². The number of para-hydroxylation sites is 2. The van der Waals surface area contributed by atoms with Gasteiger partial charge in [0, 0.05) is 33.5 Å². The van der Waals surface area contributed by atoms with E-state index in [2.05, 4.69) is 192 Å². The molecule has 3 aliphatic carbocycles. The molecule has 7 aromatic rings. The van der Waals surface area contributed by atoms with Gasteiger partial charge in [0.05, 0.1) is 16.6 Å². The molecule has 61 heavy (non-hydrogen) atoms. The number of nitrogens with zero attached hydrogens (tertiary/aromatic N) is 1. The summed E-state index contributed by atoms with van der Waals surface area (Å²) in [6.45, 7) is 17.4. The zero-order valence-corrected chi connectivity index (χ0v) is 36.7. The molecule has 0 aromatic heterocycles. The summed E-state index contributed by atoms with van der Waals surface area (Å²) in [6.07, 6.45) is 4.97. The monoisotopic (exact) mass is 788 g/mol. The molecular weight excluding hydrogens is 735 g/mol. The van der Waals surface area contributed by atoms with Crippen LogP contribution in [0.15, 0.2) is 133 Å². The molecule has 1 N–H and O–H groups in total. The van der Waals surface area contributed by atoms with Crippen LogP contribution < -0.4 is 21.1 Å². The predicted molar refractivity (Wildman–Crippen MR) is 258 cm³/mol. The molecule has 298 valence electrons. The van der Waals surface area contributed by atoms with E-state index in [9.17, 15) is 0 Å². The average Bonchev–Trinajstić information content (AvgIpc) is 3.77. The number of benzene rings is 7. The first-order valence-electron chi connectivity index (χ1n) is 22.9. The highest BCUT2D eigenvalue weighted by atomic mass is 15.3. The summed E-state index contributed by atoms with van der Waals surface area (Å²) in [5, 5.41) is 4.19. The largest absolute Gasteiger partial charge is 0.354 e. The van der Waals surface area contributed by atoms with Crippen molar-refractivity contribution in [3.05, 3.63) is 178 Å². The Labute approximate surface area is 362 Å². The summed E-state index contributed by atoms with van der Waals surface area (Å²) in [6, 6.07) is 52.0. The second-order valence-corrected chi connectivity index (χ2v) is 21.2. The third-order valence-electron chi connectivity index (χ3n) is 17.0. The van der Waals surface area contributed by atoms with Crippen LogP contribution in [-0.4, -0.2) is 12.8 Å². The highest BCUT2D eigenvalue weighted by molar-refractivity contribution is 6.73. The normalized spacial score (nSPS) is 22.0. The quantitative estimate of drug-likeness (QED) is 0.167. The molecule has 0 saturated heterocycles. The van der Waals surface area contributed by atoms with Crippen LogP contribution >= 0.6 is 0 Å². The predicted octanol–water partition coefficient (Wildman–Crippen LogP) is 12.8. The molecule has 2 nitrogen and oxygen atoms in total. The molecular formula is C58H53BN2. The van der Waals surface area contributed by atoms with Gasteiger partial charge in [-0.3, -0.25) is 0 Å². The van der Waals surface area contributed by atoms with Crippen molar-refractivity contribution >= 4 is 41.0 Å². The summed E-state index contributed by atoms with van der Waals surface area (Å²) in [7, 11) is 0.909. The Balaban J connectivity index is 1.17. The number of fused-ring (bicyclic) bond motifs is 17. The van der Waals surface area contributed by atoms with Gasteiger partial charge in [0.2, 0.25) is 0 Å². The SMILES string of the molecule is CC(C)(C)c1cc2c3c(c1)C1(C)CCCCC1(C)N3c1cc3c(c(-c4cccc5c4Nc4ccccc4C54c5ccccc5-c5ccccc54)c1B2)-c1ccccc1C3(C)C. The van der Waals surface area contributed by atoms with Crippen LogP contribution in [-0.2, 0) is 21.7 Å². The molecule has 3 aliphatic heterocycles. The first-order chi connectivity index (χ1) is 29.4. The van der Waals surface area contributed by atoms with Crippen LogP contribution in [0.5, 0.6) is 0 Å². The number of nitrogens with one attached hydrogen (secondary N) is 1. The maximum atomic E-state index is 4.19. The van der Waals surface area contributed by atoms with Crippen molar-refractivity contribution in [2.24, 2.45) is 0 Å². The Morgan fingerprint density at radius 2 is 1.16 bits per heavy atom. The van der Waals surface area contributed by atoms with Gasteiger partial charge < -0.3 is 10.2 Å². The lowest BCUT2D eigenvalue weighted by atomic mass is 9.56. The molecule has 0 bridgehead atoms. The van der Waals surface area contributed by atoms with Gasteiger partial charge in [0.25, 0.3) is 0 Å². The second kappa shape index (κ2) is 11.6. The number of hydrogen-bond acceptors (Lipinski definition) is 2. The minimum Gasteiger partial charge on any atom is -0.354 e. The fourth-order valence-electron chi connectivity index (χ4n) is 13.8. The van der Waals surface area contributed by atoms with E-state index >= 15 is 0 Å². The van der Waals surface area contributed by atoms with Crippen LogP contribution in [0.1, 0.15) is 119 Å². The van der Waals surface area contributed by atoms with Gasteiger partial charge >= 0.3 is 0 Å². The van der Waals surface area contributed by atoms with Crippen LogP contribution in [0.3, 0.4) is 0 Å². The smallest absolute Gasteiger partial charge is 0.198 e. The Kier molecular flexibility index (Phi) is 6.81. The molecule has 0 radical (unpaired) electrons. The Hall–Kier alpha value is -5.80. The Bertz CT molecular complexity index is 3060. The van der Waals surface area contributed by atoms with E-state index in [0.29, 0.717) is 0 Å². The lowest BCUT2D eigenvalue weighted by molar-refractivity contribution is 0.195. The summed E-state index contributed by atoms with van der Waals surface area (Å²) in [4.78, 5) is 2.91. The summed E-state index contributed by atoms with van der Waals surface area (Å²) < 4.78 is 0. The number of rotatable bonds is 1. The summed E-state index contributed by atoms with van der Waals surface area (Å²) in [5.41, 5.74) is 27.3. The van der Waals surface area contributed by atoms with Gasteiger partial charge in [-0.15, -0.1) is 0 Å². The molecule has 0 amide bonds. The van der Waals surface area contributed by atoms with E-state index < -0.39 is 5.41 Å². The molecule has 1 saturated carbocycles. The molecule has 7 aromatic carbocycles. The van der Waals surface area contributed by atoms with Crippen molar-refractivity contribution < 1.29 is 0 Å². The number of hydrogen-bond donors (Lipinski definition) is 1. The maximum Gasteiger partial charge on any atom is 0.198 e. The van der Waals surface area contributed by atoms with E-state index in [1.165, 1.54) is 132 Å². The molecule has 13 rings (SSSR count). The third-order valence-corrected chi connectivity index (χ3v) is 17.0. The first kappa shape index (κ1) is 35.9. The lowest BCUT2D eigenvalue weighted by Crippen LogP contribution is -2.57. The Morgan fingerprint density at radius 3 is 1.89 bits per heavy atom. The second-order valence-electron chi connectivity index (χ2n) is 21.2. The van der Waals surface area contributed by atoms with E-state index in [4.69, 9.17) is 0 Å². The fraction of sp³-hybridized carbons (Fsp3) is 0.276. The van der Waals surface area contributed by atoms with Crippen LogP contribution in [0.2, 0.25) is 0 Å². The molecule has 3 heteroatoms. The molecule has 3 heterocycles. The van der Waals surface area contributed by atoms with Crippen molar-refractivity contribution in [1.29, 1.82) is 0 Å². The zero-order valence-electron chi connectivity index (χ0n) is 36.7. The van der Waals surface area contributed by atoms with Gasteiger partial charge in [-0.05, 0) is 115 Å². The third kappa shape index (κ3) is 4.17. The zero-order chi connectivity index (χ0) is 41.4. The highest BCUT2D eigenvalue weighted by Gasteiger charge is 2.60. The Morgan fingerprint density at radius 1 is 0.557 bits per heavy atom. The van der Waals surface area contributed by atoms with Crippen molar-refractivity contribution in [2.75, 3.05) is 10.2 Å². The van der Waals surface area contributed by atoms with Crippen molar-refractivity contribution in [1.82, 2.24) is 0 Å². The average molecular weight is 789 g/mol. The topological polar surface area (TPSA) is 15.3 Å². The van der Waals surface area contributed by atoms with Crippen LogP contribution in [0.25, 0.3) is 33.4 Å². The fourth-order valence-corrected chi connectivity index (χ4v) is 13.8. The van der Waals surface area contributed by atoms with Gasteiger partial charge in [0.15, 0.2) is 7.28 Å². The standard InChI is InChI=1S/C58H53BN2/c1-54(2,3)34-31-45-53-46(32-34)59-51-48(61(53)57(7)30-17-16-29-56(45,57)6)33-44-49(37-21-10-11-23-39(37)55(44,4)5)50(51)38-22-18-27-43-52(38)60-47-28-15-14-26-42(47)58(43)40-24-12-8-19-35(40)36-20-9-13-25-41(36)58/h8-15,18-28,31-33,59-60H,16-17,29-30H2,1-7H3. The molecule has 2 atom stereocenters. The van der Waals surface area contributed by atoms with Gasteiger partial charge in [-0.2, -0.15) is 0 Å². The molecule has 1 spiro atoms. The molecule has 1 fully saturated rings. The van der Waals surface area contributed by atoms with E-state index in [1.807, 2.05) is 0 Å². The van der Waals surface area contributed by atoms with E-state index in [1.54, 1.807) is 5.56 Å². The summed E-state index contributed by atoms with van der Waals surface area (Å²) >= 11 is 0. The highest BCUT2D eigenvalue weighted by Crippen LogP contribution is 2.65. The lowest BCUT2D eigenvalue weighted by Gasteiger charge is -2.51. The van der Waals surface area contributed by atoms with Crippen LogP contribution in [0, 0.1) is 0 Å². The summed E-state index contributed by atoms with van der Waals surface area (Å²) in [5.74, 6) is 0. The number of anilines is 4. The van der Waals surface area contributed by atoms with Crippen molar-refractivity contribution in [3.63, 3.8) is 0 Å². The molecule has 2 unspecified atom stereocenters. The van der Waals surface area contributed by atoms with E-state index in [-0.39, 0.29) is 21.8 Å². The maximum absolute atomic E-state index is 4.19. The van der Waals surface area contributed by atoms with Gasteiger partial charge in [-0.1, -0.05) is 181 Å². The van der Waals surface area contributed by atoms with Crippen LogP contribution in [0.4, 0.5) is 22.7 Å². The minimum atomic E-state index is -0.467. The van der Waals surface area contributed by atoms with Crippen molar-refractivity contribution in [2.45, 2.75) is 101 Å². The van der Waals surface area contributed by atoms with Gasteiger partial charge in [-0.25, -0.2) is 0 Å².